The second kappa shape index (κ2) is 243. The predicted molar refractivity (Wildman–Crippen MR) is 21.7 cm³/mol. The van der Waals surface area contributed by atoms with E-state index in [2.05, 4.69) is 0 Å². The fraction of sp³-hybridized carbons (Fsp3) is 0. The first kappa shape index (κ1) is 319. The van der Waals surface area contributed by atoms with E-state index in [1.165, 1.54) is 0 Å². The Bertz CT molecular complexity index is 13.0. The van der Waals surface area contributed by atoms with Crippen molar-refractivity contribution in [3.8, 4) is 0 Å². The molecular weight excluding hydrogens is 580 g/mol. The van der Waals surface area contributed by atoms with Crippen LogP contribution >= 0.6 is 0 Å². The smallest absolute Gasteiger partial charge is 0 e. The maximum atomic E-state index is 0. The normalized spacial score (nSPS) is 0. The molecule has 0 saturated carbocycles. The molecule has 0 bridgehead atoms. The molecule has 6 nitrogen and oxygen atoms in total. The van der Waals surface area contributed by atoms with Crippen LogP contribution < -0.4 is 50.9 Å². The molecule has 0 aliphatic heterocycles. The summed E-state index contributed by atoms with van der Waals surface area (Å²) in [4.78, 5) is 0. The maximum Gasteiger partial charge on any atom is 0 e. The van der Waals surface area contributed by atoms with Gasteiger partial charge in [-0.3, -0.25) is 0 Å². The van der Waals surface area contributed by atoms with Crippen LogP contribution in [0.5, 0.6) is 0 Å². The topological polar surface area (TPSA) is 189 Å². The molecule has 0 aromatic carbocycles. The van der Waals surface area contributed by atoms with Crippen LogP contribution in [0.4, 0.5) is 0 Å². The van der Waals surface area contributed by atoms with Gasteiger partial charge in [-0.2, -0.15) is 0 Å². The molecule has 0 heterocycles. The average molecular weight is 592 g/mol. The van der Waals surface area contributed by atoms with E-state index in [1.807, 2.05) is 0 Å². The molecule has 12 N–H and O–H groups in total. The summed E-state index contributed by atoms with van der Waals surface area (Å²) in [5, 5.41) is 0. The summed E-state index contributed by atoms with van der Waals surface area (Å²) in [6.07, 6.45) is 0. The Morgan fingerprint density at radius 3 is 0.300 bits per heavy atom. The van der Waals surface area contributed by atoms with Gasteiger partial charge in [0.1, 0.15) is 0 Å². The van der Waals surface area contributed by atoms with Crippen molar-refractivity contribution in [2.24, 2.45) is 0 Å². The third kappa shape index (κ3) is 180. The van der Waals surface area contributed by atoms with Crippen LogP contribution in [0.1, 0.15) is 0 Å². The largest absolute Gasteiger partial charge is 1.00 e. The van der Waals surface area contributed by atoms with Crippen molar-refractivity contribution in [1.82, 2.24) is 0 Å². The first-order chi connectivity index (χ1) is 0. The molecule has 0 radical (unpaired) electrons. The van der Waals surface area contributed by atoms with Crippen LogP contribution in [-0.4, -0.2) is 32.9 Å². The van der Waals surface area contributed by atoms with E-state index in [0.717, 1.165) is 0 Å². The van der Waals surface area contributed by atoms with Gasteiger partial charge in [0, 0.05) is 29.2 Å². The molecule has 0 unspecified atom stereocenters. The molecule has 0 fully saturated rings. The van der Waals surface area contributed by atoms with E-state index in [0.29, 0.717) is 0 Å². The third-order valence-corrected chi connectivity index (χ3v) is 0. The molecule has 0 rings (SSSR count). The second-order valence-electron chi connectivity index (χ2n) is 0. The van der Waals surface area contributed by atoms with E-state index in [-0.39, 0.29) is 113 Å². The van der Waals surface area contributed by atoms with Crippen molar-refractivity contribution < 1.29 is 113 Å². The van der Waals surface area contributed by atoms with Gasteiger partial charge >= 0.3 is 0 Å². The Morgan fingerprint density at radius 2 is 0.300 bits per heavy atom. The van der Waals surface area contributed by atoms with Crippen LogP contribution in [-0.2, 0) is 0 Å². The van der Waals surface area contributed by atoms with Crippen molar-refractivity contribution in [2.75, 3.05) is 0 Å². The Kier molecular flexibility index (Phi) is 7740. The molecule has 0 aliphatic carbocycles. The van der Waals surface area contributed by atoms with E-state index in [9.17, 15) is 0 Å². The molecule has 10 heteroatoms. The fourth-order valence-corrected chi connectivity index (χ4v) is 0. The monoisotopic (exact) mass is 583 g/mol. The van der Waals surface area contributed by atoms with Gasteiger partial charge in [0.05, 0.1) is 0 Å². The van der Waals surface area contributed by atoms with Gasteiger partial charge in [-0.25, -0.2) is 0 Å². The van der Waals surface area contributed by atoms with E-state index >= 15 is 0 Å². The molecule has 0 aromatic rings. The van der Waals surface area contributed by atoms with Gasteiger partial charge in [-0.15, -0.1) is 0 Å². The second-order valence-corrected chi connectivity index (χ2v) is 0. The minimum Gasteiger partial charge on any atom is -1.00 e. The molecule has 0 aromatic heterocycles. The molecule has 78 valence electrons. The van der Waals surface area contributed by atoms with Crippen molar-refractivity contribution in [1.29, 1.82) is 0 Å². The first-order valence-electron chi connectivity index (χ1n) is 0. The van der Waals surface area contributed by atoms with E-state index in [4.69, 9.17) is 0 Å². The van der Waals surface area contributed by atoms with E-state index < -0.39 is 0 Å². The summed E-state index contributed by atoms with van der Waals surface area (Å²) in [6, 6.07) is 0. The van der Waals surface area contributed by atoms with E-state index in [1.54, 1.807) is 0 Å². The van der Waals surface area contributed by atoms with Gasteiger partial charge < -0.3 is 83.8 Å². The van der Waals surface area contributed by atoms with Crippen molar-refractivity contribution in [3.63, 3.8) is 0 Å². The zero-order chi connectivity index (χ0) is 0. The standard InChI is InChI=1S/3BrH.6H2O.Pu/h3*1H;6*1H2;/p-3. The summed E-state index contributed by atoms with van der Waals surface area (Å²) < 4.78 is 0. The average Bonchev–Trinajstić information content (AvgIpc) is 0. The maximum absolute atomic E-state index is 0. The molecule has 0 saturated heterocycles. The van der Waals surface area contributed by atoms with Gasteiger partial charge in [-0.1, -0.05) is 0 Å². The minimum absolute atomic E-state index is 0. The molecule has 0 atom stereocenters. The van der Waals surface area contributed by atoms with Crippen LogP contribution in [0.25, 0.3) is 0 Å². The van der Waals surface area contributed by atoms with Crippen LogP contribution in [0, 0.1) is 29.2 Å². The molecule has 10 heavy (non-hydrogen) atoms. The van der Waals surface area contributed by atoms with Crippen LogP contribution in [0.15, 0.2) is 0 Å². The van der Waals surface area contributed by atoms with Crippen molar-refractivity contribution in [3.05, 3.63) is 0 Å². The summed E-state index contributed by atoms with van der Waals surface area (Å²) in [5.41, 5.74) is 0. The van der Waals surface area contributed by atoms with Crippen molar-refractivity contribution in [2.45, 2.75) is 0 Å². The summed E-state index contributed by atoms with van der Waals surface area (Å²) in [6.45, 7) is 0. The van der Waals surface area contributed by atoms with Crippen LogP contribution in [0.3, 0.4) is 0 Å². The molecule has 0 spiro atoms. The van der Waals surface area contributed by atoms with Gasteiger partial charge in [-0.05, 0) is 0 Å². The molecular formula is H12Br3O6Pu-3. The van der Waals surface area contributed by atoms with Crippen LogP contribution in [0.2, 0.25) is 0 Å². The molecule has 0 aliphatic rings. The van der Waals surface area contributed by atoms with Gasteiger partial charge in [0.25, 0.3) is 0 Å². The Morgan fingerprint density at radius 1 is 0.300 bits per heavy atom. The quantitative estimate of drug-likeness (QED) is 0.259. The Balaban J connectivity index is 0. The number of rotatable bonds is 0. The minimum atomic E-state index is 0. The van der Waals surface area contributed by atoms with Crippen molar-refractivity contribution >= 4 is 0 Å². The zero-order valence-electron chi connectivity index (χ0n) is 4.54. The third-order valence-electron chi connectivity index (χ3n) is 0. The fourth-order valence-electron chi connectivity index (χ4n) is 0. The predicted octanol–water partition coefficient (Wildman–Crippen LogP) is -13.9. The first-order valence-corrected chi connectivity index (χ1v) is 0. The number of hydrogen-bond donors (Lipinski definition) is 0. The van der Waals surface area contributed by atoms with Gasteiger partial charge in [0.15, 0.2) is 0 Å². The van der Waals surface area contributed by atoms with Gasteiger partial charge in [0.2, 0.25) is 0 Å². The Hall–Kier alpha value is 2.19. The Labute approximate surface area is 112 Å². The zero-order valence-corrected chi connectivity index (χ0v) is 12.7. The summed E-state index contributed by atoms with van der Waals surface area (Å²) >= 11 is 0. The SMILES string of the molecule is O.O.O.O.O.O.[Br-].[Br-].[Br-].[Pu]. The number of hydrogen-bond acceptors (Lipinski definition) is 0. The summed E-state index contributed by atoms with van der Waals surface area (Å²) in [7, 11) is 0. The molecule has 0 amide bonds. The number of halogens is 3. The summed E-state index contributed by atoms with van der Waals surface area (Å²) in [5.74, 6) is 0.